The fraction of sp³-hybridized carbons (Fsp3) is 0.680. The molecule has 6 rings (SSSR count). The molecule has 3 aliphatic heterocycles. The number of ether oxygens (including phenoxy) is 2. The number of likely N-dealkylation sites (N-methyl/N-ethyl adjacent to an activating group) is 1. The molecule has 2 aromatic rings. The van der Waals surface area contributed by atoms with Crippen molar-refractivity contribution in [2.75, 3.05) is 34.4 Å². The molecule has 69 heavy (non-hydrogen) atoms. The normalized spacial score (nSPS) is 22.9. The smallest absolute Gasteiger partial charge is 0.253 e. The molecule has 19 nitrogen and oxygen atoms in total. The maximum atomic E-state index is 14.7. The third-order valence-corrected chi connectivity index (χ3v) is 15.1. The third-order valence-electron chi connectivity index (χ3n) is 15.1. The number of piperidine rings is 1. The number of H-pyrrole nitrogens is 1. The number of amides is 7. The minimum atomic E-state index is -0.908. The van der Waals surface area contributed by atoms with Gasteiger partial charge in [0.25, 0.3) is 11.8 Å². The van der Waals surface area contributed by atoms with Gasteiger partial charge in [-0.15, -0.1) is 5.10 Å². The zero-order chi connectivity index (χ0) is 49.9. The van der Waals surface area contributed by atoms with Crippen molar-refractivity contribution in [1.29, 1.82) is 0 Å². The second-order valence-corrected chi connectivity index (χ2v) is 19.8. The van der Waals surface area contributed by atoms with Gasteiger partial charge in [-0.1, -0.05) is 77.8 Å². The molecule has 11 atom stereocenters. The molecule has 4 heterocycles. The number of likely N-dealkylation sites (tertiary alicyclic amines) is 2. The Labute approximate surface area is 406 Å². The fourth-order valence-corrected chi connectivity index (χ4v) is 11.1. The SMILES string of the molecule is CC[C@H](C)[C@@H]([C@@H](CC(=O)N1CCCC1[C@H](OC)[C@@H](C)C(=O)N[C@@H](Cc1ccccc1)c1nnn[nH]1)OC)N(C)C(=O)C(NC(=O)[C@@H]1[C@H]2CC[C@H](C2)N1C(=O)CCCCCN1C(=O)C=CC1=O)C(C)C. The Morgan fingerprint density at radius 2 is 1.64 bits per heavy atom. The summed E-state index contributed by atoms with van der Waals surface area (Å²) in [7, 11) is 4.80. The Morgan fingerprint density at radius 1 is 0.913 bits per heavy atom. The molecule has 1 aromatic carbocycles. The van der Waals surface area contributed by atoms with E-state index in [-0.39, 0.29) is 78.0 Å². The van der Waals surface area contributed by atoms with Gasteiger partial charge in [0.1, 0.15) is 12.1 Å². The van der Waals surface area contributed by atoms with E-state index in [1.807, 2.05) is 58.0 Å². The lowest BCUT2D eigenvalue weighted by Gasteiger charge is -2.41. The molecule has 0 radical (unpaired) electrons. The number of imide groups is 1. The Balaban J connectivity index is 1.08. The molecule has 0 spiro atoms. The highest BCUT2D eigenvalue weighted by molar-refractivity contribution is 6.12. The number of hydrogen-bond acceptors (Lipinski definition) is 12. The molecule has 2 bridgehead atoms. The van der Waals surface area contributed by atoms with Crippen molar-refractivity contribution in [1.82, 2.24) is 50.9 Å². The molecule has 2 unspecified atom stereocenters. The van der Waals surface area contributed by atoms with E-state index in [9.17, 15) is 33.6 Å². The highest BCUT2D eigenvalue weighted by atomic mass is 16.5. The Bertz CT molecular complexity index is 2100. The van der Waals surface area contributed by atoms with Crippen LogP contribution in [0.1, 0.15) is 123 Å². The van der Waals surface area contributed by atoms with E-state index in [0.717, 1.165) is 31.2 Å². The van der Waals surface area contributed by atoms with E-state index in [1.54, 1.807) is 42.9 Å². The van der Waals surface area contributed by atoms with E-state index in [1.165, 1.54) is 17.1 Å². The van der Waals surface area contributed by atoms with Crippen LogP contribution in [0.25, 0.3) is 0 Å². The van der Waals surface area contributed by atoms with Gasteiger partial charge in [-0.2, -0.15) is 0 Å². The highest BCUT2D eigenvalue weighted by Gasteiger charge is 2.52. The van der Waals surface area contributed by atoms with Crippen LogP contribution < -0.4 is 10.6 Å². The van der Waals surface area contributed by atoms with Crippen LogP contribution in [0.5, 0.6) is 0 Å². The average molecular weight is 959 g/mol. The first-order valence-corrected chi connectivity index (χ1v) is 24.9. The van der Waals surface area contributed by atoms with E-state index in [4.69, 9.17) is 9.47 Å². The molecule has 7 amide bonds. The van der Waals surface area contributed by atoms with Crippen LogP contribution in [0.3, 0.4) is 0 Å². The van der Waals surface area contributed by atoms with Gasteiger partial charge in [0.2, 0.25) is 29.5 Å². The second kappa shape index (κ2) is 24.3. The minimum Gasteiger partial charge on any atom is -0.379 e. The number of rotatable bonds is 25. The van der Waals surface area contributed by atoms with Crippen LogP contribution in [0.2, 0.25) is 0 Å². The largest absolute Gasteiger partial charge is 0.379 e. The molecule has 1 aromatic heterocycles. The molecule has 4 aliphatic rings. The van der Waals surface area contributed by atoms with Gasteiger partial charge < -0.3 is 34.8 Å². The van der Waals surface area contributed by atoms with E-state index < -0.39 is 48.3 Å². The number of benzene rings is 1. The predicted octanol–water partition coefficient (Wildman–Crippen LogP) is 3.53. The summed E-state index contributed by atoms with van der Waals surface area (Å²) in [6.45, 7) is 10.4. The summed E-state index contributed by atoms with van der Waals surface area (Å²) < 4.78 is 12.1. The summed E-state index contributed by atoms with van der Waals surface area (Å²) in [5.74, 6) is -2.47. The molecule has 1 saturated carbocycles. The summed E-state index contributed by atoms with van der Waals surface area (Å²) >= 11 is 0. The number of aromatic nitrogens is 4. The lowest BCUT2D eigenvalue weighted by molar-refractivity contribution is -0.149. The number of hydrogen-bond donors (Lipinski definition) is 3. The second-order valence-electron chi connectivity index (χ2n) is 19.8. The van der Waals surface area contributed by atoms with Crippen molar-refractivity contribution in [2.45, 2.75) is 160 Å². The van der Waals surface area contributed by atoms with Gasteiger partial charge in [0, 0.05) is 65.4 Å². The Kier molecular flexibility index (Phi) is 18.6. The predicted molar refractivity (Wildman–Crippen MR) is 254 cm³/mol. The number of nitrogens with one attached hydrogen (secondary N) is 3. The number of carbonyl (C=O) groups excluding carboxylic acids is 7. The number of tetrazole rings is 1. The lowest BCUT2D eigenvalue weighted by Crippen LogP contribution is -2.60. The minimum absolute atomic E-state index is 0.00564. The monoisotopic (exact) mass is 959 g/mol. The average Bonchev–Trinajstić information content (AvgIpc) is 4.22. The summed E-state index contributed by atoms with van der Waals surface area (Å²) in [4.78, 5) is 101. The van der Waals surface area contributed by atoms with Crippen molar-refractivity contribution in [2.24, 2.45) is 23.7 Å². The van der Waals surface area contributed by atoms with Gasteiger partial charge in [-0.3, -0.25) is 38.5 Å². The number of nitrogens with zero attached hydrogens (tertiary/aromatic N) is 7. The Hall–Kier alpha value is -5.56. The summed E-state index contributed by atoms with van der Waals surface area (Å²) in [5.41, 5.74) is 0.993. The van der Waals surface area contributed by atoms with Crippen molar-refractivity contribution in [3.63, 3.8) is 0 Å². The standard InChI is InChI=1S/C50H74N10O9/c1-9-31(4)44(38(68-7)29-42(64)58-26-16-19-37(58)46(69-8)32(5)48(65)51-36(47-53-55-56-54-47)27-33-17-12-10-13-18-33)57(6)50(67)43(30(2)3)52-49(66)45-34-21-22-35(28-34)60(45)41(63)20-14-11-15-25-59-39(61)23-24-40(59)62/h10,12-13,17-18,23-24,30-32,34-38,43-46H,9,11,14-16,19-22,25-29H2,1-8H3,(H,51,65)(H,52,66)(H,53,54,55,56)/t31-,32+,34-,35+,36-,37?,38+,43?,44-,45-,46+/m0/s1. The zero-order valence-corrected chi connectivity index (χ0v) is 41.7. The van der Waals surface area contributed by atoms with Crippen LogP contribution >= 0.6 is 0 Å². The third kappa shape index (κ3) is 12.4. The van der Waals surface area contributed by atoms with Crippen LogP contribution in [-0.2, 0) is 49.5 Å². The molecule has 2 saturated heterocycles. The van der Waals surface area contributed by atoms with E-state index in [2.05, 4.69) is 31.3 Å². The quantitative estimate of drug-likeness (QED) is 0.0960. The first-order chi connectivity index (χ1) is 33.1. The van der Waals surface area contributed by atoms with Crippen molar-refractivity contribution < 1.29 is 43.0 Å². The first kappa shape index (κ1) is 52.8. The zero-order valence-electron chi connectivity index (χ0n) is 41.7. The van der Waals surface area contributed by atoms with Crippen molar-refractivity contribution in [3.8, 4) is 0 Å². The number of fused-ring (bicyclic) bond motifs is 2. The Morgan fingerprint density at radius 3 is 2.28 bits per heavy atom. The maximum Gasteiger partial charge on any atom is 0.253 e. The summed E-state index contributed by atoms with van der Waals surface area (Å²) in [6.07, 6.45) is 8.09. The topological polar surface area (TPSA) is 229 Å². The molecule has 1 aliphatic carbocycles. The maximum absolute atomic E-state index is 14.7. The van der Waals surface area contributed by atoms with Crippen LogP contribution in [0.4, 0.5) is 0 Å². The van der Waals surface area contributed by atoms with Gasteiger partial charge in [-0.25, -0.2) is 5.10 Å². The number of aromatic amines is 1. The molecule has 378 valence electrons. The van der Waals surface area contributed by atoms with Crippen LogP contribution in [-0.4, -0.2) is 158 Å². The lowest BCUT2D eigenvalue weighted by atomic mass is 9.89. The number of methoxy groups -OCH3 is 2. The summed E-state index contributed by atoms with van der Waals surface area (Å²) in [5, 5.41) is 20.5. The van der Waals surface area contributed by atoms with Gasteiger partial charge in [0.05, 0.1) is 42.7 Å². The van der Waals surface area contributed by atoms with Gasteiger partial charge in [0.15, 0.2) is 5.82 Å². The molecular formula is C50H74N10O9. The van der Waals surface area contributed by atoms with Crippen LogP contribution in [0, 0.1) is 23.7 Å². The number of unbranched alkanes of at least 4 members (excludes halogenated alkanes) is 2. The number of carbonyl (C=O) groups is 7. The van der Waals surface area contributed by atoms with E-state index in [0.29, 0.717) is 57.4 Å². The van der Waals surface area contributed by atoms with Gasteiger partial charge >= 0.3 is 0 Å². The molecular weight excluding hydrogens is 885 g/mol. The van der Waals surface area contributed by atoms with Gasteiger partial charge in [-0.05, 0) is 78.7 Å². The van der Waals surface area contributed by atoms with Crippen molar-refractivity contribution >= 4 is 41.4 Å². The first-order valence-electron chi connectivity index (χ1n) is 24.9. The van der Waals surface area contributed by atoms with Crippen molar-refractivity contribution in [3.05, 3.63) is 53.9 Å². The summed E-state index contributed by atoms with van der Waals surface area (Å²) in [6, 6.07) is 6.63. The molecule has 3 N–H and O–H groups in total. The van der Waals surface area contributed by atoms with Crippen LogP contribution in [0.15, 0.2) is 42.5 Å². The highest BCUT2D eigenvalue weighted by Crippen LogP contribution is 2.43. The molecule has 19 heteroatoms. The fourth-order valence-electron chi connectivity index (χ4n) is 11.1. The molecule has 3 fully saturated rings. The van der Waals surface area contributed by atoms with E-state index >= 15 is 0 Å².